The molecule has 5 aliphatic carbocycles. The number of Topliss-reactive ketones (excluding diaryl/α,β-unsaturated/α-hetero) is 1. The fourth-order valence-electron chi connectivity index (χ4n) is 13.0. The molecule has 0 aromatic rings. The van der Waals surface area contributed by atoms with E-state index in [9.17, 15) is 19.5 Å². The van der Waals surface area contributed by atoms with Gasteiger partial charge in [-0.25, -0.2) is 0 Å². The predicted molar refractivity (Wildman–Crippen MR) is 189 cm³/mol. The molecule has 3 N–H and O–H groups in total. The molecular weight excluding hydrogens is 600 g/mol. The van der Waals surface area contributed by atoms with Crippen LogP contribution in [0.15, 0.2) is 11.1 Å². The summed E-state index contributed by atoms with van der Waals surface area (Å²) in [5.74, 6) is 1.56. The van der Waals surface area contributed by atoms with Crippen molar-refractivity contribution in [1.82, 2.24) is 10.6 Å². The first-order chi connectivity index (χ1) is 22.3. The van der Waals surface area contributed by atoms with Gasteiger partial charge < -0.3 is 20.5 Å². The van der Waals surface area contributed by atoms with Crippen molar-refractivity contribution >= 4 is 17.7 Å². The SMILES string of the molecule is CC(C)C1=C2[C@H]3CC[C@@H]4[C@@]5(C)CC[C@H](OC(=O)CC(C)(C)C(=O)O)C(C)(C)[C@@H]5CC[C@@]4(C)[C@]3(C)CCC2(CCNCC2CNC2)CC1=O. The van der Waals surface area contributed by atoms with Gasteiger partial charge in [-0.3, -0.25) is 14.4 Å². The van der Waals surface area contributed by atoms with E-state index in [2.05, 4.69) is 59.1 Å². The van der Waals surface area contributed by atoms with Crippen LogP contribution in [-0.4, -0.2) is 55.1 Å². The van der Waals surface area contributed by atoms with Gasteiger partial charge in [0.15, 0.2) is 5.78 Å². The molecule has 7 nitrogen and oxygen atoms in total. The van der Waals surface area contributed by atoms with Crippen LogP contribution in [0.4, 0.5) is 0 Å². The summed E-state index contributed by atoms with van der Waals surface area (Å²) in [5, 5.41) is 16.8. The van der Waals surface area contributed by atoms with Crippen molar-refractivity contribution < 1.29 is 24.2 Å². The average Bonchev–Trinajstić information content (AvgIpc) is 3.25. The highest BCUT2D eigenvalue weighted by molar-refractivity contribution is 6.00. The number of ketones is 1. The number of hydrogen-bond acceptors (Lipinski definition) is 6. The fourth-order valence-corrected chi connectivity index (χ4v) is 13.0. The highest BCUT2D eigenvalue weighted by Gasteiger charge is 2.70. The molecule has 1 heterocycles. The molecule has 0 spiro atoms. The van der Waals surface area contributed by atoms with Gasteiger partial charge in [0.2, 0.25) is 0 Å². The molecule has 1 saturated heterocycles. The normalized spacial score (nSPS) is 40.8. The number of hydrogen-bond donors (Lipinski definition) is 3. The molecule has 6 rings (SSSR count). The Morgan fingerprint density at radius 1 is 0.958 bits per heavy atom. The summed E-state index contributed by atoms with van der Waals surface area (Å²) in [4.78, 5) is 38.7. The van der Waals surface area contributed by atoms with Crippen molar-refractivity contribution in [3.8, 4) is 0 Å². The number of rotatable bonds is 10. The minimum Gasteiger partial charge on any atom is -0.481 e. The lowest BCUT2D eigenvalue weighted by atomic mass is 9.33. The fraction of sp³-hybridized carbons (Fsp3) is 0.878. The van der Waals surface area contributed by atoms with Gasteiger partial charge in [0.25, 0.3) is 0 Å². The Hall–Kier alpha value is -1.73. The lowest BCUT2D eigenvalue weighted by Crippen LogP contribution is -2.65. The Labute approximate surface area is 290 Å². The molecule has 0 radical (unpaired) electrons. The molecule has 0 aromatic heterocycles. The Balaban J connectivity index is 1.25. The van der Waals surface area contributed by atoms with Gasteiger partial charge in [-0.2, -0.15) is 0 Å². The molecule has 7 heteroatoms. The second-order valence-corrected chi connectivity index (χ2v) is 19.7. The van der Waals surface area contributed by atoms with Crippen LogP contribution < -0.4 is 10.6 Å². The monoisotopic (exact) mass is 666 g/mol. The molecular formula is C41H66N2O5. The minimum absolute atomic E-state index is 0.0230. The van der Waals surface area contributed by atoms with Crippen LogP contribution in [0.3, 0.4) is 0 Å². The molecule has 0 bridgehead atoms. The molecule has 1 unspecified atom stereocenters. The molecule has 0 amide bonds. The highest BCUT2D eigenvalue weighted by Crippen LogP contribution is 2.77. The minimum atomic E-state index is -1.14. The van der Waals surface area contributed by atoms with Crippen molar-refractivity contribution in [2.24, 2.45) is 62.1 Å². The maximum Gasteiger partial charge on any atom is 0.309 e. The quantitative estimate of drug-likeness (QED) is 0.163. The molecule has 5 fully saturated rings. The Morgan fingerprint density at radius 2 is 1.67 bits per heavy atom. The van der Waals surface area contributed by atoms with E-state index >= 15 is 0 Å². The maximum atomic E-state index is 13.9. The second kappa shape index (κ2) is 12.2. The van der Waals surface area contributed by atoms with Crippen molar-refractivity contribution in [1.29, 1.82) is 0 Å². The van der Waals surface area contributed by atoms with Crippen LogP contribution in [0.25, 0.3) is 0 Å². The number of ether oxygens (including phenoxy) is 1. The summed E-state index contributed by atoms with van der Waals surface area (Å²) >= 11 is 0. The van der Waals surface area contributed by atoms with E-state index < -0.39 is 11.4 Å². The van der Waals surface area contributed by atoms with E-state index in [1.165, 1.54) is 31.3 Å². The van der Waals surface area contributed by atoms with Gasteiger partial charge in [-0.1, -0.05) is 54.0 Å². The zero-order valence-corrected chi connectivity index (χ0v) is 31.7. The summed E-state index contributed by atoms with van der Waals surface area (Å²) in [5.41, 5.74) is 1.93. The Morgan fingerprint density at radius 3 is 2.29 bits per heavy atom. The average molecular weight is 667 g/mol. The molecule has 4 saturated carbocycles. The summed E-state index contributed by atoms with van der Waals surface area (Å²) in [7, 11) is 0. The van der Waals surface area contributed by atoms with E-state index in [0.717, 1.165) is 64.2 Å². The van der Waals surface area contributed by atoms with Gasteiger partial charge >= 0.3 is 11.9 Å². The number of nitrogens with one attached hydrogen (secondary N) is 2. The molecule has 0 aromatic carbocycles. The van der Waals surface area contributed by atoms with Gasteiger partial charge in [0.1, 0.15) is 6.10 Å². The number of carbonyl (C=O) groups is 3. The predicted octanol–water partition coefficient (Wildman–Crippen LogP) is 7.58. The van der Waals surface area contributed by atoms with Crippen molar-refractivity contribution in [3.05, 3.63) is 11.1 Å². The van der Waals surface area contributed by atoms with Crippen LogP contribution in [0.1, 0.15) is 133 Å². The third-order valence-electron chi connectivity index (χ3n) is 16.0. The summed E-state index contributed by atoms with van der Waals surface area (Å²) < 4.78 is 6.17. The van der Waals surface area contributed by atoms with Crippen LogP contribution in [0.5, 0.6) is 0 Å². The lowest BCUT2D eigenvalue weighted by molar-refractivity contribution is -0.233. The van der Waals surface area contributed by atoms with Gasteiger partial charge in [0.05, 0.1) is 11.8 Å². The summed E-state index contributed by atoms with van der Waals surface area (Å²) in [6, 6.07) is 0. The number of carboxylic acid groups (broad SMARTS) is 1. The molecule has 1 aliphatic heterocycles. The molecule has 270 valence electrons. The van der Waals surface area contributed by atoms with Gasteiger partial charge in [0, 0.05) is 36.9 Å². The van der Waals surface area contributed by atoms with Crippen LogP contribution >= 0.6 is 0 Å². The number of fused-ring (bicyclic) bond motifs is 7. The summed E-state index contributed by atoms with van der Waals surface area (Å²) in [6.07, 6.45) is 10.3. The molecule has 6 aliphatic rings. The highest BCUT2D eigenvalue weighted by atomic mass is 16.5. The summed E-state index contributed by atoms with van der Waals surface area (Å²) in [6.45, 7) is 24.4. The Kier molecular flexibility index (Phi) is 9.17. The van der Waals surface area contributed by atoms with Crippen LogP contribution in [0, 0.1) is 62.1 Å². The number of allylic oxidation sites excluding steroid dienone is 2. The second-order valence-electron chi connectivity index (χ2n) is 19.7. The lowest BCUT2D eigenvalue weighted by Gasteiger charge is -2.72. The topological polar surface area (TPSA) is 105 Å². The number of aliphatic carboxylic acids is 1. The van der Waals surface area contributed by atoms with Crippen LogP contribution in [0.2, 0.25) is 0 Å². The van der Waals surface area contributed by atoms with Crippen molar-refractivity contribution in [2.45, 2.75) is 139 Å². The third kappa shape index (κ3) is 5.45. The van der Waals surface area contributed by atoms with Crippen molar-refractivity contribution in [3.63, 3.8) is 0 Å². The first-order valence-electron chi connectivity index (χ1n) is 19.4. The van der Waals surface area contributed by atoms with Crippen LogP contribution in [-0.2, 0) is 19.1 Å². The first-order valence-corrected chi connectivity index (χ1v) is 19.4. The zero-order valence-electron chi connectivity index (χ0n) is 31.7. The standard InChI is InChI=1S/C41H66N2O5/c1-25(2)33-28(44)20-41(18-19-42-22-26-23-43-24-26)17-16-39(8)27(34(33)41)10-11-30-38(7)14-13-31(48-32(45)21-36(3,4)35(46)47)37(5,6)29(38)12-15-40(30,39)9/h25-27,29-31,42-43H,10-24H2,1-9H3,(H,46,47)/t27-,29+,30-,31+,38+,39-,40-,41?/m1/s1. The molecule has 8 atom stereocenters. The van der Waals surface area contributed by atoms with Gasteiger partial charge in [-0.05, 0) is 130 Å². The van der Waals surface area contributed by atoms with E-state index in [0.29, 0.717) is 30.0 Å². The van der Waals surface area contributed by atoms with E-state index in [1.54, 1.807) is 19.4 Å². The first kappa shape index (κ1) is 36.1. The van der Waals surface area contributed by atoms with E-state index in [1.807, 2.05) is 0 Å². The Bertz CT molecular complexity index is 1350. The zero-order chi connectivity index (χ0) is 35.1. The van der Waals surface area contributed by atoms with E-state index in [-0.39, 0.29) is 51.5 Å². The van der Waals surface area contributed by atoms with Gasteiger partial charge in [-0.15, -0.1) is 0 Å². The number of carbonyl (C=O) groups excluding carboxylic acids is 2. The number of esters is 1. The van der Waals surface area contributed by atoms with Crippen molar-refractivity contribution in [2.75, 3.05) is 26.2 Å². The van der Waals surface area contributed by atoms with E-state index in [4.69, 9.17) is 4.74 Å². The number of carboxylic acids is 1. The third-order valence-corrected chi connectivity index (χ3v) is 16.0. The smallest absolute Gasteiger partial charge is 0.309 e. The molecule has 48 heavy (non-hydrogen) atoms. The largest absolute Gasteiger partial charge is 0.481 e. The maximum absolute atomic E-state index is 13.9.